The van der Waals surface area contributed by atoms with Crippen molar-refractivity contribution in [3.05, 3.63) is 57.8 Å². The molecular weight excluding hydrogens is 383 g/mol. The Balaban J connectivity index is 2.00. The maximum Gasteiger partial charge on any atom is 0.339 e. The third-order valence-corrected chi connectivity index (χ3v) is 3.48. The molecule has 3 rings (SSSR count). The van der Waals surface area contributed by atoms with Crippen LogP contribution in [0.1, 0.15) is 10.4 Å². The van der Waals surface area contributed by atoms with E-state index in [4.69, 9.17) is 4.74 Å². The van der Waals surface area contributed by atoms with Crippen molar-refractivity contribution < 1.29 is 14.6 Å². The molecule has 0 aliphatic rings. The molecular formula is C15H9IN2O3. The number of hydrogen-bond donors (Lipinski definition) is 1. The maximum atomic E-state index is 11.3. The van der Waals surface area contributed by atoms with E-state index in [1.165, 1.54) is 6.20 Å². The molecule has 1 aromatic heterocycles. The number of carbonyl (C=O) groups is 1. The maximum absolute atomic E-state index is 11.3. The Hall–Kier alpha value is -2.22. The number of halogens is 1. The van der Waals surface area contributed by atoms with E-state index in [1.807, 2.05) is 24.3 Å². The number of nitrogens with zero attached hydrogens (tertiary/aromatic N) is 2. The fourth-order valence-corrected chi connectivity index (χ4v) is 2.35. The van der Waals surface area contributed by atoms with Gasteiger partial charge in [0.05, 0.1) is 17.2 Å². The predicted octanol–water partition coefficient (Wildman–Crippen LogP) is 3.72. The highest BCUT2D eigenvalue weighted by Gasteiger charge is 2.13. The van der Waals surface area contributed by atoms with Gasteiger partial charge in [0.2, 0.25) is 5.88 Å². The van der Waals surface area contributed by atoms with Gasteiger partial charge in [-0.2, -0.15) is 0 Å². The summed E-state index contributed by atoms with van der Waals surface area (Å²) in [6.07, 6.45) is 1.48. The first-order valence-corrected chi connectivity index (χ1v) is 7.14. The SMILES string of the molecule is O=C(O)c1cc(I)ccc1Oc1cnc2ccccc2n1. The van der Waals surface area contributed by atoms with Crippen LogP contribution >= 0.6 is 22.6 Å². The Morgan fingerprint density at radius 2 is 1.90 bits per heavy atom. The fraction of sp³-hybridized carbons (Fsp3) is 0. The topological polar surface area (TPSA) is 72.3 Å². The molecule has 0 amide bonds. The van der Waals surface area contributed by atoms with Crippen molar-refractivity contribution in [2.24, 2.45) is 0 Å². The summed E-state index contributed by atoms with van der Waals surface area (Å²) in [5.74, 6) is -0.540. The largest absolute Gasteiger partial charge is 0.478 e. The molecule has 0 saturated carbocycles. The summed E-state index contributed by atoms with van der Waals surface area (Å²) >= 11 is 2.05. The van der Waals surface area contributed by atoms with Crippen LogP contribution in [0.4, 0.5) is 0 Å². The second-order valence-corrected chi connectivity index (χ2v) is 5.49. The number of fused-ring (bicyclic) bond motifs is 1. The van der Waals surface area contributed by atoms with E-state index >= 15 is 0 Å². The van der Waals surface area contributed by atoms with Crippen molar-refractivity contribution in [2.45, 2.75) is 0 Å². The van der Waals surface area contributed by atoms with Crippen LogP contribution in [-0.2, 0) is 0 Å². The van der Waals surface area contributed by atoms with Crippen LogP contribution < -0.4 is 4.74 Å². The lowest BCUT2D eigenvalue weighted by atomic mass is 10.2. The van der Waals surface area contributed by atoms with Crippen LogP contribution in [0, 0.1) is 3.57 Å². The van der Waals surface area contributed by atoms with Crippen LogP contribution in [0.15, 0.2) is 48.7 Å². The summed E-state index contributed by atoms with van der Waals surface area (Å²) in [7, 11) is 0. The molecule has 2 aromatic carbocycles. The van der Waals surface area contributed by atoms with Crippen molar-refractivity contribution in [2.75, 3.05) is 0 Å². The lowest BCUT2D eigenvalue weighted by Crippen LogP contribution is -2.01. The Morgan fingerprint density at radius 3 is 2.67 bits per heavy atom. The molecule has 1 N–H and O–H groups in total. The third kappa shape index (κ3) is 2.94. The van der Waals surface area contributed by atoms with Crippen LogP contribution in [0.5, 0.6) is 11.6 Å². The second kappa shape index (κ2) is 5.65. The highest BCUT2D eigenvalue weighted by molar-refractivity contribution is 14.1. The third-order valence-electron chi connectivity index (χ3n) is 2.81. The van der Waals surface area contributed by atoms with Gasteiger partial charge in [0.1, 0.15) is 11.3 Å². The fourth-order valence-electron chi connectivity index (χ4n) is 1.86. The molecule has 0 aliphatic carbocycles. The number of carboxylic acid groups (broad SMARTS) is 1. The Labute approximate surface area is 133 Å². The van der Waals surface area contributed by atoms with Gasteiger partial charge in [0, 0.05) is 3.57 Å². The van der Waals surface area contributed by atoms with Crippen molar-refractivity contribution in [3.63, 3.8) is 0 Å². The van der Waals surface area contributed by atoms with Gasteiger partial charge >= 0.3 is 5.97 Å². The molecule has 3 aromatic rings. The minimum Gasteiger partial charge on any atom is -0.478 e. The van der Waals surface area contributed by atoms with Gasteiger partial charge in [-0.05, 0) is 52.9 Å². The molecule has 0 aliphatic heterocycles. The van der Waals surface area contributed by atoms with Crippen LogP contribution in [0.3, 0.4) is 0 Å². The normalized spacial score (nSPS) is 10.5. The van der Waals surface area contributed by atoms with Crippen molar-refractivity contribution in [3.8, 4) is 11.6 Å². The van der Waals surface area contributed by atoms with Gasteiger partial charge in [-0.3, -0.25) is 0 Å². The first-order chi connectivity index (χ1) is 10.1. The van der Waals surface area contributed by atoms with E-state index < -0.39 is 5.97 Å². The Bertz CT molecular complexity index is 836. The molecule has 0 fully saturated rings. The second-order valence-electron chi connectivity index (χ2n) is 4.24. The van der Waals surface area contributed by atoms with Crippen molar-refractivity contribution in [1.82, 2.24) is 9.97 Å². The van der Waals surface area contributed by atoms with E-state index in [9.17, 15) is 9.90 Å². The number of benzene rings is 2. The van der Waals surface area contributed by atoms with Gasteiger partial charge < -0.3 is 9.84 Å². The van der Waals surface area contributed by atoms with Crippen LogP contribution in [-0.4, -0.2) is 21.0 Å². The van der Waals surface area contributed by atoms with Crippen LogP contribution in [0.25, 0.3) is 11.0 Å². The number of ether oxygens (including phenoxy) is 1. The zero-order chi connectivity index (χ0) is 14.8. The highest BCUT2D eigenvalue weighted by Crippen LogP contribution is 2.26. The van der Waals surface area contributed by atoms with Gasteiger partial charge in [-0.1, -0.05) is 12.1 Å². The molecule has 0 atom stereocenters. The Morgan fingerprint density at radius 1 is 1.14 bits per heavy atom. The Kier molecular flexibility index (Phi) is 3.70. The molecule has 0 bridgehead atoms. The average Bonchev–Trinajstić information content (AvgIpc) is 2.49. The highest BCUT2D eigenvalue weighted by atomic mass is 127. The molecule has 0 radical (unpaired) electrons. The van der Waals surface area contributed by atoms with E-state index in [0.29, 0.717) is 5.52 Å². The van der Waals surface area contributed by atoms with E-state index in [-0.39, 0.29) is 17.2 Å². The molecule has 6 heteroatoms. The van der Waals surface area contributed by atoms with E-state index in [2.05, 4.69) is 32.6 Å². The lowest BCUT2D eigenvalue weighted by molar-refractivity contribution is 0.0694. The van der Waals surface area contributed by atoms with Crippen molar-refractivity contribution >= 4 is 39.6 Å². The van der Waals surface area contributed by atoms with Gasteiger partial charge in [-0.25, -0.2) is 14.8 Å². The number of para-hydroxylation sites is 2. The minimum atomic E-state index is -1.04. The summed E-state index contributed by atoms with van der Waals surface area (Å²) in [6, 6.07) is 12.3. The molecule has 0 saturated heterocycles. The van der Waals surface area contributed by atoms with Gasteiger partial charge in [0.25, 0.3) is 0 Å². The summed E-state index contributed by atoms with van der Waals surface area (Å²) in [6.45, 7) is 0. The number of aromatic nitrogens is 2. The summed E-state index contributed by atoms with van der Waals surface area (Å²) in [5.41, 5.74) is 1.54. The molecule has 0 unspecified atom stereocenters. The van der Waals surface area contributed by atoms with E-state index in [1.54, 1.807) is 18.2 Å². The number of rotatable bonds is 3. The first kappa shape index (κ1) is 13.7. The molecule has 104 valence electrons. The monoisotopic (exact) mass is 392 g/mol. The minimum absolute atomic E-state index is 0.0943. The smallest absolute Gasteiger partial charge is 0.339 e. The predicted molar refractivity (Wildman–Crippen MR) is 85.7 cm³/mol. The van der Waals surface area contributed by atoms with Gasteiger partial charge in [-0.15, -0.1) is 0 Å². The molecule has 1 heterocycles. The summed E-state index contributed by atoms with van der Waals surface area (Å²) < 4.78 is 6.40. The quantitative estimate of drug-likeness (QED) is 0.688. The lowest BCUT2D eigenvalue weighted by Gasteiger charge is -2.08. The number of aromatic carboxylic acids is 1. The summed E-state index contributed by atoms with van der Waals surface area (Å²) in [5, 5.41) is 9.22. The summed E-state index contributed by atoms with van der Waals surface area (Å²) in [4.78, 5) is 19.8. The zero-order valence-corrected chi connectivity index (χ0v) is 12.8. The van der Waals surface area contributed by atoms with Gasteiger partial charge in [0.15, 0.2) is 0 Å². The molecule has 0 spiro atoms. The number of hydrogen-bond acceptors (Lipinski definition) is 4. The molecule has 21 heavy (non-hydrogen) atoms. The zero-order valence-electron chi connectivity index (χ0n) is 10.7. The number of carboxylic acids is 1. The van der Waals surface area contributed by atoms with Crippen molar-refractivity contribution in [1.29, 1.82) is 0 Å². The molecule has 5 nitrogen and oxygen atoms in total. The standard InChI is InChI=1S/C15H9IN2O3/c16-9-5-6-13(10(7-9)15(19)20)21-14-8-17-11-3-1-2-4-12(11)18-14/h1-8H,(H,19,20). The first-order valence-electron chi connectivity index (χ1n) is 6.06. The average molecular weight is 392 g/mol. The van der Waals surface area contributed by atoms with Crippen LogP contribution in [0.2, 0.25) is 0 Å². The van der Waals surface area contributed by atoms with E-state index in [0.717, 1.165) is 9.09 Å².